The quantitative estimate of drug-likeness (QED) is 0.800. The lowest BCUT2D eigenvalue weighted by Crippen LogP contribution is -2.31. The smallest absolute Gasteiger partial charge is 0.407 e. The van der Waals surface area contributed by atoms with Crippen LogP contribution in [0.15, 0.2) is 0 Å². The number of nitrogens with one attached hydrogen (secondary N) is 1. The van der Waals surface area contributed by atoms with Crippen LogP contribution in [0.2, 0.25) is 0 Å². The molecule has 0 saturated carbocycles. The van der Waals surface area contributed by atoms with Gasteiger partial charge in [0.15, 0.2) is 9.84 Å². The minimum absolute atomic E-state index is 0.0385. The van der Waals surface area contributed by atoms with E-state index in [4.69, 9.17) is 4.74 Å². The van der Waals surface area contributed by atoms with Gasteiger partial charge in [0.25, 0.3) is 0 Å². The van der Waals surface area contributed by atoms with Gasteiger partial charge < -0.3 is 10.1 Å². The summed E-state index contributed by atoms with van der Waals surface area (Å²) in [5, 5.41) is 2.59. The second-order valence-corrected chi connectivity index (χ2v) is 6.87. The number of carbonyl (C=O) groups is 1. The van der Waals surface area contributed by atoms with Crippen LogP contribution in [0.4, 0.5) is 4.79 Å². The SMILES string of the molecule is CC(C)COC(=O)NCC1CCS(=O)(=O)C1. The van der Waals surface area contributed by atoms with Crippen molar-refractivity contribution in [1.29, 1.82) is 0 Å². The monoisotopic (exact) mass is 249 g/mol. The molecule has 1 unspecified atom stereocenters. The van der Waals surface area contributed by atoms with E-state index in [0.29, 0.717) is 25.5 Å². The van der Waals surface area contributed by atoms with Gasteiger partial charge >= 0.3 is 6.09 Å². The Morgan fingerprint density at radius 1 is 1.50 bits per heavy atom. The molecule has 0 aromatic rings. The molecule has 6 heteroatoms. The van der Waals surface area contributed by atoms with Gasteiger partial charge in [-0.2, -0.15) is 0 Å². The molecule has 1 saturated heterocycles. The summed E-state index contributed by atoms with van der Waals surface area (Å²) in [5.74, 6) is 0.756. The Bertz CT molecular complexity index is 337. The normalized spacial score (nSPS) is 23.3. The first-order valence-corrected chi connectivity index (χ1v) is 7.32. The second kappa shape index (κ2) is 5.52. The van der Waals surface area contributed by atoms with Gasteiger partial charge in [-0.15, -0.1) is 0 Å². The molecule has 0 aromatic carbocycles. The van der Waals surface area contributed by atoms with Gasteiger partial charge in [0.05, 0.1) is 18.1 Å². The number of carbonyl (C=O) groups excluding carboxylic acids is 1. The molecule has 0 radical (unpaired) electrons. The molecule has 16 heavy (non-hydrogen) atoms. The van der Waals surface area contributed by atoms with Crippen LogP contribution in [0.5, 0.6) is 0 Å². The molecular weight excluding hydrogens is 230 g/mol. The number of ether oxygens (including phenoxy) is 1. The standard InChI is InChI=1S/C10H19NO4S/c1-8(2)6-15-10(12)11-5-9-3-4-16(13,14)7-9/h8-9H,3-7H2,1-2H3,(H,11,12). The maximum absolute atomic E-state index is 11.2. The summed E-state index contributed by atoms with van der Waals surface area (Å²) in [5.41, 5.74) is 0. The summed E-state index contributed by atoms with van der Waals surface area (Å²) >= 11 is 0. The van der Waals surface area contributed by atoms with Gasteiger partial charge in [-0.3, -0.25) is 0 Å². The third kappa shape index (κ3) is 4.83. The van der Waals surface area contributed by atoms with Crippen molar-refractivity contribution < 1.29 is 17.9 Å². The highest BCUT2D eigenvalue weighted by atomic mass is 32.2. The van der Waals surface area contributed by atoms with Gasteiger partial charge in [0.1, 0.15) is 0 Å². The summed E-state index contributed by atoms with van der Waals surface area (Å²) in [6.45, 7) is 4.68. The topological polar surface area (TPSA) is 72.5 Å². The largest absolute Gasteiger partial charge is 0.449 e. The van der Waals surface area contributed by atoms with Crippen molar-refractivity contribution in [3.05, 3.63) is 0 Å². The number of rotatable bonds is 4. The van der Waals surface area contributed by atoms with Gasteiger partial charge in [0, 0.05) is 6.54 Å². The van der Waals surface area contributed by atoms with E-state index in [0.717, 1.165) is 0 Å². The van der Waals surface area contributed by atoms with Gasteiger partial charge in [-0.25, -0.2) is 13.2 Å². The minimum atomic E-state index is -2.86. The fraction of sp³-hybridized carbons (Fsp3) is 0.900. The lowest BCUT2D eigenvalue weighted by molar-refractivity contribution is 0.132. The number of hydrogen-bond acceptors (Lipinski definition) is 4. The van der Waals surface area contributed by atoms with E-state index < -0.39 is 15.9 Å². The van der Waals surface area contributed by atoms with Crippen LogP contribution >= 0.6 is 0 Å². The fourth-order valence-corrected chi connectivity index (χ4v) is 3.42. The molecule has 1 fully saturated rings. The predicted octanol–water partition coefficient (Wildman–Crippen LogP) is 0.803. The Kier molecular flexibility index (Phi) is 4.58. The molecule has 0 aromatic heterocycles. The molecule has 94 valence electrons. The van der Waals surface area contributed by atoms with Crippen molar-refractivity contribution in [3.63, 3.8) is 0 Å². The first-order chi connectivity index (χ1) is 7.39. The molecular formula is C10H19NO4S. The van der Waals surface area contributed by atoms with E-state index >= 15 is 0 Å². The molecule has 1 aliphatic heterocycles. The molecule has 0 bridgehead atoms. The van der Waals surface area contributed by atoms with Crippen LogP contribution in [-0.4, -0.2) is 39.2 Å². The van der Waals surface area contributed by atoms with E-state index in [1.54, 1.807) is 0 Å². The highest BCUT2D eigenvalue weighted by molar-refractivity contribution is 7.91. The lowest BCUT2D eigenvalue weighted by atomic mass is 10.1. The van der Waals surface area contributed by atoms with Crippen LogP contribution in [0.3, 0.4) is 0 Å². The van der Waals surface area contributed by atoms with E-state index in [9.17, 15) is 13.2 Å². The highest BCUT2D eigenvalue weighted by Crippen LogP contribution is 2.17. The van der Waals surface area contributed by atoms with Crippen LogP contribution in [0.1, 0.15) is 20.3 Å². The zero-order chi connectivity index (χ0) is 12.2. The Labute approximate surface area is 96.5 Å². The van der Waals surface area contributed by atoms with Crippen LogP contribution in [0, 0.1) is 11.8 Å². The molecule has 1 heterocycles. The molecule has 1 amide bonds. The van der Waals surface area contributed by atoms with Gasteiger partial charge in [0.2, 0.25) is 0 Å². The van der Waals surface area contributed by atoms with Crippen molar-refractivity contribution in [1.82, 2.24) is 5.32 Å². The highest BCUT2D eigenvalue weighted by Gasteiger charge is 2.27. The zero-order valence-electron chi connectivity index (χ0n) is 9.73. The van der Waals surface area contributed by atoms with Crippen molar-refractivity contribution in [2.75, 3.05) is 24.7 Å². The molecule has 1 N–H and O–H groups in total. The van der Waals surface area contributed by atoms with Crippen LogP contribution < -0.4 is 5.32 Å². The summed E-state index contributed by atoms with van der Waals surface area (Å²) in [6.07, 6.45) is 0.172. The molecule has 1 rings (SSSR count). The van der Waals surface area contributed by atoms with E-state index in [2.05, 4.69) is 5.32 Å². The lowest BCUT2D eigenvalue weighted by Gasteiger charge is -2.11. The third-order valence-electron chi connectivity index (χ3n) is 2.41. The summed E-state index contributed by atoms with van der Waals surface area (Å²) in [6, 6.07) is 0. The third-order valence-corrected chi connectivity index (χ3v) is 4.25. The first kappa shape index (κ1) is 13.3. The summed E-state index contributed by atoms with van der Waals surface area (Å²) in [7, 11) is -2.86. The van der Waals surface area contributed by atoms with Crippen molar-refractivity contribution in [3.8, 4) is 0 Å². The zero-order valence-corrected chi connectivity index (χ0v) is 10.5. The number of hydrogen-bond donors (Lipinski definition) is 1. The maximum atomic E-state index is 11.2. The van der Waals surface area contributed by atoms with Gasteiger partial charge in [-0.1, -0.05) is 13.8 Å². The molecule has 1 aliphatic rings. The second-order valence-electron chi connectivity index (χ2n) is 4.64. The van der Waals surface area contributed by atoms with Gasteiger partial charge in [-0.05, 0) is 18.3 Å². The van der Waals surface area contributed by atoms with Crippen molar-refractivity contribution >= 4 is 15.9 Å². The Morgan fingerprint density at radius 2 is 2.19 bits per heavy atom. The molecule has 0 aliphatic carbocycles. The molecule has 5 nitrogen and oxygen atoms in total. The molecule has 0 spiro atoms. The predicted molar refractivity (Wildman–Crippen MR) is 60.9 cm³/mol. The van der Waals surface area contributed by atoms with E-state index in [1.165, 1.54) is 0 Å². The Hall–Kier alpha value is -0.780. The van der Waals surface area contributed by atoms with Crippen LogP contribution in [-0.2, 0) is 14.6 Å². The summed E-state index contributed by atoms with van der Waals surface area (Å²) in [4.78, 5) is 11.2. The van der Waals surface area contributed by atoms with Crippen molar-refractivity contribution in [2.24, 2.45) is 11.8 Å². The first-order valence-electron chi connectivity index (χ1n) is 5.50. The van der Waals surface area contributed by atoms with E-state index in [-0.39, 0.29) is 17.4 Å². The number of amides is 1. The minimum Gasteiger partial charge on any atom is -0.449 e. The van der Waals surface area contributed by atoms with Crippen molar-refractivity contribution in [2.45, 2.75) is 20.3 Å². The molecule has 1 atom stereocenters. The Balaban J connectivity index is 2.18. The average Bonchev–Trinajstić information content (AvgIpc) is 2.52. The van der Waals surface area contributed by atoms with E-state index in [1.807, 2.05) is 13.8 Å². The summed E-state index contributed by atoms with van der Waals surface area (Å²) < 4.78 is 27.2. The fourth-order valence-electron chi connectivity index (χ4n) is 1.55. The van der Waals surface area contributed by atoms with Crippen LogP contribution in [0.25, 0.3) is 0 Å². The Morgan fingerprint density at radius 3 is 2.69 bits per heavy atom. The maximum Gasteiger partial charge on any atom is 0.407 e. The number of alkyl carbamates (subject to hydrolysis) is 1. The average molecular weight is 249 g/mol. The number of sulfone groups is 1.